The molecule has 1 amide bonds. The van der Waals surface area contributed by atoms with Gasteiger partial charge in [0.05, 0.1) is 23.6 Å². The normalized spacial score (nSPS) is 19.2. The second-order valence-corrected chi connectivity index (χ2v) is 7.20. The van der Waals surface area contributed by atoms with Gasteiger partial charge >= 0.3 is 0 Å². The van der Waals surface area contributed by atoms with Crippen molar-refractivity contribution in [2.24, 2.45) is 5.92 Å². The molecular weight excluding hydrogens is 320 g/mol. The second kappa shape index (κ2) is 6.29. The molecule has 0 bridgehead atoms. The van der Waals surface area contributed by atoms with Crippen LogP contribution in [0.15, 0.2) is 10.6 Å². The fourth-order valence-electron chi connectivity index (χ4n) is 3.75. The minimum absolute atomic E-state index is 0.0491. The maximum atomic E-state index is 12.9. The number of carbonyl (C=O) groups excluding carboxylic acids is 1. The first-order valence-electron chi connectivity index (χ1n) is 9.01. The van der Waals surface area contributed by atoms with Gasteiger partial charge in [-0.1, -0.05) is 11.6 Å². The van der Waals surface area contributed by atoms with E-state index in [2.05, 4.69) is 10.3 Å². The average molecular weight is 344 g/mol. The zero-order valence-corrected chi connectivity index (χ0v) is 14.7. The summed E-state index contributed by atoms with van der Waals surface area (Å²) in [5.74, 6) is 0.840. The molecule has 0 saturated heterocycles. The number of hydrogen-bond donors (Lipinski definition) is 1. The van der Waals surface area contributed by atoms with Crippen molar-refractivity contribution in [3.8, 4) is 0 Å². The van der Waals surface area contributed by atoms with Gasteiger partial charge in [0.15, 0.2) is 0 Å². The Balaban J connectivity index is 1.56. The van der Waals surface area contributed by atoms with Crippen LogP contribution in [0.4, 0.5) is 0 Å². The monoisotopic (exact) mass is 344 g/mol. The number of hydrogen-bond acceptors (Lipinski definition) is 5. The molecule has 134 valence electrons. The standard InChI is InChI=1S/C18H24N4O3/c1-11-16(12(2)25-20-11)18(24)21-7-4-8-22-14(10-21)9-15(19-22)17(23)13-5-3-6-13/h9,13,17,23H,3-8,10H2,1-2H3. The van der Waals surface area contributed by atoms with E-state index in [1.807, 2.05) is 15.6 Å². The Hall–Kier alpha value is -2.15. The quantitative estimate of drug-likeness (QED) is 0.924. The van der Waals surface area contributed by atoms with Gasteiger partial charge in [0.1, 0.15) is 17.4 Å². The lowest BCUT2D eigenvalue weighted by Crippen LogP contribution is -2.31. The predicted molar refractivity (Wildman–Crippen MR) is 89.9 cm³/mol. The lowest BCUT2D eigenvalue weighted by atomic mass is 9.80. The van der Waals surface area contributed by atoms with Gasteiger partial charge in [-0.25, -0.2) is 0 Å². The molecule has 2 aliphatic rings. The Labute approximate surface area is 146 Å². The number of nitrogens with zero attached hydrogens (tertiary/aromatic N) is 4. The van der Waals surface area contributed by atoms with E-state index >= 15 is 0 Å². The maximum Gasteiger partial charge on any atom is 0.259 e. The molecule has 7 heteroatoms. The Morgan fingerprint density at radius 3 is 2.76 bits per heavy atom. The summed E-state index contributed by atoms with van der Waals surface area (Å²) < 4.78 is 7.08. The van der Waals surface area contributed by atoms with Crippen molar-refractivity contribution in [2.45, 2.75) is 58.7 Å². The van der Waals surface area contributed by atoms with Crippen molar-refractivity contribution < 1.29 is 14.4 Å². The predicted octanol–water partition coefficient (Wildman–Crippen LogP) is 2.37. The molecule has 7 nitrogen and oxygen atoms in total. The van der Waals surface area contributed by atoms with Crippen LogP contribution in [0.3, 0.4) is 0 Å². The first-order valence-corrected chi connectivity index (χ1v) is 9.01. The number of aryl methyl sites for hydroxylation is 3. The van der Waals surface area contributed by atoms with Crippen molar-refractivity contribution in [2.75, 3.05) is 6.54 Å². The Morgan fingerprint density at radius 2 is 2.12 bits per heavy atom. The van der Waals surface area contributed by atoms with Crippen LogP contribution in [0.5, 0.6) is 0 Å². The summed E-state index contributed by atoms with van der Waals surface area (Å²) in [5, 5.41) is 19.0. The third-order valence-corrected chi connectivity index (χ3v) is 5.47. The molecule has 1 atom stereocenters. The van der Waals surface area contributed by atoms with E-state index in [1.165, 1.54) is 6.42 Å². The minimum atomic E-state index is -0.486. The molecule has 3 heterocycles. The van der Waals surface area contributed by atoms with Crippen molar-refractivity contribution in [3.05, 3.63) is 34.5 Å². The average Bonchev–Trinajstić information content (AvgIpc) is 3.01. The molecule has 1 saturated carbocycles. The van der Waals surface area contributed by atoms with E-state index in [0.29, 0.717) is 36.0 Å². The van der Waals surface area contributed by atoms with Crippen LogP contribution in [0.2, 0.25) is 0 Å². The summed E-state index contributed by atoms with van der Waals surface area (Å²) in [7, 11) is 0. The first-order chi connectivity index (χ1) is 12.0. The summed E-state index contributed by atoms with van der Waals surface area (Å²) in [6, 6.07) is 1.96. The van der Waals surface area contributed by atoms with Crippen LogP contribution in [0, 0.1) is 19.8 Å². The molecule has 1 aliphatic heterocycles. The van der Waals surface area contributed by atoms with Crippen LogP contribution in [0.1, 0.15) is 65.0 Å². The molecule has 2 aromatic rings. The SMILES string of the molecule is Cc1noc(C)c1C(=O)N1CCCn2nc(C(O)C3CCC3)cc2C1. The molecule has 0 radical (unpaired) electrons. The highest BCUT2D eigenvalue weighted by molar-refractivity contribution is 5.96. The Kier molecular flexibility index (Phi) is 4.11. The van der Waals surface area contributed by atoms with Crippen molar-refractivity contribution in [3.63, 3.8) is 0 Å². The second-order valence-electron chi connectivity index (χ2n) is 7.20. The van der Waals surface area contributed by atoms with Gasteiger partial charge in [-0.05, 0) is 45.1 Å². The van der Waals surface area contributed by atoms with Gasteiger partial charge in [-0.15, -0.1) is 0 Å². The highest BCUT2D eigenvalue weighted by atomic mass is 16.5. The largest absolute Gasteiger partial charge is 0.386 e. The van der Waals surface area contributed by atoms with Gasteiger partial charge < -0.3 is 14.5 Å². The molecule has 1 unspecified atom stereocenters. The van der Waals surface area contributed by atoms with E-state index in [1.54, 1.807) is 13.8 Å². The summed E-state index contributed by atoms with van der Waals surface area (Å²) in [5.41, 5.74) is 2.90. The summed E-state index contributed by atoms with van der Waals surface area (Å²) in [6.45, 7) is 5.49. The first kappa shape index (κ1) is 16.3. The zero-order chi connectivity index (χ0) is 17.6. The fourth-order valence-corrected chi connectivity index (χ4v) is 3.75. The van der Waals surface area contributed by atoms with E-state index in [0.717, 1.165) is 37.2 Å². The van der Waals surface area contributed by atoms with Crippen molar-refractivity contribution in [1.82, 2.24) is 19.8 Å². The van der Waals surface area contributed by atoms with E-state index < -0.39 is 6.10 Å². The molecule has 1 aliphatic carbocycles. The zero-order valence-electron chi connectivity index (χ0n) is 14.7. The van der Waals surface area contributed by atoms with Crippen LogP contribution < -0.4 is 0 Å². The van der Waals surface area contributed by atoms with Crippen LogP contribution in [0.25, 0.3) is 0 Å². The third-order valence-electron chi connectivity index (χ3n) is 5.47. The van der Waals surface area contributed by atoms with Gasteiger partial charge in [-0.2, -0.15) is 5.10 Å². The highest BCUT2D eigenvalue weighted by Gasteiger charge is 2.31. The molecule has 1 fully saturated rings. The van der Waals surface area contributed by atoms with Crippen LogP contribution in [-0.2, 0) is 13.1 Å². The third kappa shape index (κ3) is 2.86. The lowest BCUT2D eigenvalue weighted by Gasteiger charge is -2.29. The number of aliphatic hydroxyl groups excluding tert-OH is 1. The molecule has 1 N–H and O–H groups in total. The topological polar surface area (TPSA) is 84.4 Å². The van der Waals surface area contributed by atoms with Crippen LogP contribution >= 0.6 is 0 Å². The maximum absolute atomic E-state index is 12.9. The number of aromatic nitrogens is 3. The van der Waals surface area contributed by atoms with Gasteiger partial charge in [0.2, 0.25) is 0 Å². The van der Waals surface area contributed by atoms with E-state index in [-0.39, 0.29) is 5.91 Å². The van der Waals surface area contributed by atoms with Crippen molar-refractivity contribution in [1.29, 1.82) is 0 Å². The van der Waals surface area contributed by atoms with E-state index in [4.69, 9.17) is 4.52 Å². The number of carbonyl (C=O) groups is 1. The van der Waals surface area contributed by atoms with Crippen LogP contribution in [-0.4, -0.2) is 37.4 Å². The molecule has 0 spiro atoms. The highest BCUT2D eigenvalue weighted by Crippen LogP contribution is 2.37. The smallest absolute Gasteiger partial charge is 0.259 e. The minimum Gasteiger partial charge on any atom is -0.386 e. The number of amides is 1. The Morgan fingerprint density at radius 1 is 1.32 bits per heavy atom. The number of fused-ring (bicyclic) bond motifs is 1. The molecule has 0 aromatic carbocycles. The van der Waals surface area contributed by atoms with E-state index in [9.17, 15) is 9.90 Å². The Bertz CT molecular complexity index is 771. The summed E-state index contributed by atoms with van der Waals surface area (Å²) in [4.78, 5) is 14.7. The number of rotatable bonds is 3. The molecule has 25 heavy (non-hydrogen) atoms. The van der Waals surface area contributed by atoms with Gasteiger partial charge in [-0.3, -0.25) is 9.48 Å². The summed E-state index contributed by atoms with van der Waals surface area (Å²) >= 11 is 0. The lowest BCUT2D eigenvalue weighted by molar-refractivity contribution is 0.0580. The number of aliphatic hydroxyl groups is 1. The summed E-state index contributed by atoms with van der Waals surface area (Å²) in [6.07, 6.45) is 3.68. The van der Waals surface area contributed by atoms with Crippen molar-refractivity contribution >= 4 is 5.91 Å². The molecule has 2 aromatic heterocycles. The molecule has 4 rings (SSSR count). The van der Waals surface area contributed by atoms with Gasteiger partial charge in [0.25, 0.3) is 5.91 Å². The fraction of sp³-hybridized carbons (Fsp3) is 0.611. The van der Waals surface area contributed by atoms with Gasteiger partial charge in [0, 0.05) is 13.1 Å². The molecular formula is C18H24N4O3.